The lowest BCUT2D eigenvalue weighted by Crippen LogP contribution is -2.24. The van der Waals surface area contributed by atoms with E-state index in [-0.39, 0.29) is 31.5 Å². The van der Waals surface area contributed by atoms with E-state index < -0.39 is 34.0 Å². The van der Waals surface area contributed by atoms with E-state index >= 15 is 0 Å². The lowest BCUT2D eigenvalue weighted by atomic mass is 9.97. The Kier molecular flexibility index (Phi) is 11.6. The van der Waals surface area contributed by atoms with Gasteiger partial charge in [0.05, 0.1) is 43.4 Å². The highest BCUT2D eigenvalue weighted by Gasteiger charge is 2.21. The molecule has 10 nitrogen and oxygen atoms in total. The van der Waals surface area contributed by atoms with Gasteiger partial charge in [-0.3, -0.25) is 9.52 Å². The number of sulfonamides is 1. The van der Waals surface area contributed by atoms with Crippen LogP contribution in [0.25, 0.3) is 17.3 Å². The van der Waals surface area contributed by atoms with E-state index in [4.69, 9.17) is 14.2 Å². The number of anilines is 1. The molecule has 0 saturated carbocycles. The average molecular weight is 540 g/mol. The van der Waals surface area contributed by atoms with Gasteiger partial charge in [-0.05, 0) is 37.1 Å². The summed E-state index contributed by atoms with van der Waals surface area (Å²) >= 11 is 0. The molecule has 0 aliphatic rings. The number of aromatic nitrogens is 2. The van der Waals surface area contributed by atoms with E-state index in [0.717, 1.165) is 6.26 Å². The SMILES string of the molecule is CCOCOC(CC(=O)OC)CC(O)/C=C/c1c(-c2ccc(F)cc2)nc(NS(C)(=O)=O)nc1C(C)C. The fourth-order valence-electron chi connectivity index (χ4n) is 3.39. The summed E-state index contributed by atoms with van der Waals surface area (Å²) in [5.41, 5.74) is 1.93. The molecule has 0 fully saturated rings. The molecule has 2 rings (SSSR count). The fourth-order valence-corrected chi connectivity index (χ4v) is 3.82. The van der Waals surface area contributed by atoms with Crippen LogP contribution in [0.1, 0.15) is 50.8 Å². The van der Waals surface area contributed by atoms with E-state index in [1.54, 1.807) is 13.0 Å². The third-order valence-corrected chi connectivity index (χ3v) is 5.67. The first-order valence-corrected chi connectivity index (χ1v) is 13.6. The largest absolute Gasteiger partial charge is 0.469 e. The molecule has 0 bridgehead atoms. The number of methoxy groups -OCH3 is 1. The summed E-state index contributed by atoms with van der Waals surface area (Å²) in [4.78, 5) is 20.5. The number of hydrogen-bond donors (Lipinski definition) is 2. The maximum Gasteiger partial charge on any atom is 0.308 e. The van der Waals surface area contributed by atoms with Crippen molar-refractivity contribution in [3.8, 4) is 11.3 Å². The molecule has 0 spiro atoms. The van der Waals surface area contributed by atoms with E-state index in [9.17, 15) is 22.7 Å². The molecular weight excluding hydrogens is 505 g/mol. The summed E-state index contributed by atoms with van der Waals surface area (Å²) in [5.74, 6) is -1.19. The van der Waals surface area contributed by atoms with Gasteiger partial charge in [-0.2, -0.15) is 0 Å². The fraction of sp³-hybridized carbons (Fsp3) is 0.480. The van der Waals surface area contributed by atoms with Crippen LogP contribution in [-0.4, -0.2) is 68.4 Å². The minimum Gasteiger partial charge on any atom is -0.469 e. The molecule has 1 heterocycles. The Balaban J connectivity index is 2.46. The van der Waals surface area contributed by atoms with Crippen LogP contribution in [0, 0.1) is 5.82 Å². The number of benzene rings is 1. The Bertz CT molecular complexity index is 1170. The Hall–Kier alpha value is -2.93. The van der Waals surface area contributed by atoms with Gasteiger partial charge in [-0.25, -0.2) is 22.8 Å². The molecule has 0 radical (unpaired) electrons. The number of rotatable bonds is 14. The highest BCUT2D eigenvalue weighted by molar-refractivity contribution is 7.91. The predicted octanol–water partition coefficient (Wildman–Crippen LogP) is 3.48. The molecule has 2 N–H and O–H groups in total. The number of nitrogens with one attached hydrogen (secondary N) is 1. The number of carbonyl (C=O) groups is 1. The molecule has 2 aromatic rings. The predicted molar refractivity (Wildman–Crippen MR) is 138 cm³/mol. The van der Waals surface area contributed by atoms with Gasteiger partial charge in [0.1, 0.15) is 12.6 Å². The quantitative estimate of drug-likeness (QED) is 0.210. The van der Waals surface area contributed by atoms with Gasteiger partial charge in [0.15, 0.2) is 0 Å². The zero-order valence-corrected chi connectivity index (χ0v) is 22.4. The van der Waals surface area contributed by atoms with E-state index in [1.807, 2.05) is 13.8 Å². The zero-order valence-electron chi connectivity index (χ0n) is 21.6. The first-order chi connectivity index (χ1) is 17.4. The standard InChI is InChI=1S/C25H34FN3O7S/c1-6-35-15-36-20(14-22(31)34-4)13-19(30)11-12-21-23(16(2)3)27-25(29-37(5,32)33)28-24(21)17-7-9-18(26)10-8-17/h7-12,16,19-20,30H,6,13-15H2,1-5H3,(H,27,28,29)/b12-11+. The Morgan fingerprint density at radius 3 is 2.46 bits per heavy atom. The molecule has 204 valence electrons. The van der Waals surface area contributed by atoms with Crippen molar-refractivity contribution in [3.05, 3.63) is 47.4 Å². The molecule has 1 aromatic heterocycles. The number of aliphatic hydroxyl groups is 1. The monoisotopic (exact) mass is 539 g/mol. The van der Waals surface area contributed by atoms with Gasteiger partial charge in [-0.15, -0.1) is 0 Å². The van der Waals surface area contributed by atoms with Crippen molar-refractivity contribution < 1.29 is 36.9 Å². The number of hydrogen-bond acceptors (Lipinski definition) is 9. The molecule has 2 unspecified atom stereocenters. The highest BCUT2D eigenvalue weighted by atomic mass is 32.2. The lowest BCUT2D eigenvalue weighted by Gasteiger charge is -2.19. The normalized spacial score (nSPS) is 13.6. The lowest BCUT2D eigenvalue weighted by molar-refractivity contribution is -0.148. The molecule has 2 atom stereocenters. The van der Waals surface area contributed by atoms with Gasteiger partial charge in [0.2, 0.25) is 16.0 Å². The van der Waals surface area contributed by atoms with Gasteiger partial charge in [0.25, 0.3) is 0 Å². The van der Waals surface area contributed by atoms with Crippen LogP contribution in [0.15, 0.2) is 30.3 Å². The topological polar surface area (TPSA) is 137 Å². The van der Waals surface area contributed by atoms with E-state index in [2.05, 4.69) is 14.7 Å². The van der Waals surface area contributed by atoms with Crippen molar-refractivity contribution in [2.45, 2.75) is 51.7 Å². The Morgan fingerprint density at radius 1 is 1.22 bits per heavy atom. The van der Waals surface area contributed by atoms with Gasteiger partial charge >= 0.3 is 5.97 Å². The van der Waals surface area contributed by atoms with Crippen LogP contribution in [-0.2, 0) is 29.0 Å². The second-order valence-electron chi connectivity index (χ2n) is 8.57. The highest BCUT2D eigenvalue weighted by Crippen LogP contribution is 2.31. The summed E-state index contributed by atoms with van der Waals surface area (Å²) < 4.78 is 55.0. The van der Waals surface area contributed by atoms with Gasteiger partial charge in [0, 0.05) is 24.2 Å². The second-order valence-corrected chi connectivity index (χ2v) is 10.3. The second kappa shape index (κ2) is 14.1. The number of halogens is 1. The van der Waals surface area contributed by atoms with E-state index in [1.165, 1.54) is 37.5 Å². The zero-order chi connectivity index (χ0) is 27.6. The van der Waals surface area contributed by atoms with Crippen molar-refractivity contribution in [1.82, 2.24) is 9.97 Å². The number of esters is 1. The maximum atomic E-state index is 13.6. The van der Waals surface area contributed by atoms with Gasteiger partial charge < -0.3 is 19.3 Å². The Labute approximate surface area is 216 Å². The minimum atomic E-state index is -3.65. The van der Waals surface area contributed by atoms with Crippen LogP contribution in [0.3, 0.4) is 0 Å². The van der Waals surface area contributed by atoms with Crippen LogP contribution >= 0.6 is 0 Å². The molecular formula is C25H34FN3O7S. The molecule has 0 aliphatic heterocycles. The number of nitrogens with zero attached hydrogens (tertiary/aromatic N) is 2. The number of carbonyl (C=O) groups excluding carboxylic acids is 1. The van der Waals surface area contributed by atoms with Crippen molar-refractivity contribution >= 4 is 28.0 Å². The third kappa shape index (κ3) is 10.2. The summed E-state index contributed by atoms with van der Waals surface area (Å²) in [6.45, 7) is 5.96. The number of aliphatic hydroxyl groups excluding tert-OH is 1. The molecule has 0 saturated heterocycles. The average Bonchev–Trinajstić information content (AvgIpc) is 2.82. The van der Waals surface area contributed by atoms with Crippen molar-refractivity contribution in [1.29, 1.82) is 0 Å². The van der Waals surface area contributed by atoms with Crippen LogP contribution < -0.4 is 4.72 Å². The van der Waals surface area contributed by atoms with Gasteiger partial charge in [-0.1, -0.05) is 26.0 Å². The molecule has 0 aliphatic carbocycles. The molecule has 1 aromatic carbocycles. The smallest absolute Gasteiger partial charge is 0.308 e. The summed E-state index contributed by atoms with van der Waals surface area (Å²) in [6, 6.07) is 5.58. The first kappa shape index (κ1) is 30.3. The molecule has 12 heteroatoms. The molecule has 37 heavy (non-hydrogen) atoms. The van der Waals surface area contributed by atoms with Crippen LogP contribution in [0.5, 0.6) is 0 Å². The van der Waals surface area contributed by atoms with Crippen molar-refractivity contribution in [2.24, 2.45) is 0 Å². The molecule has 0 amide bonds. The first-order valence-electron chi connectivity index (χ1n) is 11.7. The third-order valence-electron chi connectivity index (χ3n) is 5.12. The van der Waals surface area contributed by atoms with E-state index in [0.29, 0.717) is 29.1 Å². The number of ether oxygens (including phenoxy) is 3. The minimum absolute atomic E-state index is 0.0382. The van der Waals surface area contributed by atoms with Crippen LogP contribution in [0.4, 0.5) is 10.3 Å². The van der Waals surface area contributed by atoms with Crippen LogP contribution in [0.2, 0.25) is 0 Å². The maximum absolute atomic E-state index is 13.6. The van der Waals surface area contributed by atoms with Crippen molar-refractivity contribution in [2.75, 3.05) is 31.5 Å². The summed E-state index contributed by atoms with van der Waals surface area (Å²) in [6.07, 6.45) is 2.46. The summed E-state index contributed by atoms with van der Waals surface area (Å²) in [7, 11) is -2.39. The Morgan fingerprint density at radius 2 is 1.89 bits per heavy atom. The summed E-state index contributed by atoms with van der Waals surface area (Å²) in [5, 5.41) is 10.7. The van der Waals surface area contributed by atoms with Crippen molar-refractivity contribution in [3.63, 3.8) is 0 Å².